The van der Waals surface area contributed by atoms with Gasteiger partial charge in [-0.25, -0.2) is 4.98 Å². The zero-order chi connectivity index (χ0) is 14.7. The van der Waals surface area contributed by atoms with Gasteiger partial charge in [-0.05, 0) is 36.8 Å². The molecule has 2 aromatic carbocycles. The summed E-state index contributed by atoms with van der Waals surface area (Å²) in [5.74, 6) is 0.890. The molecule has 0 aliphatic carbocycles. The number of methoxy groups -OCH3 is 1. The van der Waals surface area contributed by atoms with Gasteiger partial charge in [-0.3, -0.25) is 0 Å². The number of nitrogens with one attached hydrogen (secondary N) is 1. The molecule has 1 heterocycles. The van der Waals surface area contributed by atoms with Gasteiger partial charge in [0.05, 0.1) is 17.3 Å². The van der Waals surface area contributed by atoms with E-state index in [4.69, 9.17) is 4.74 Å². The Morgan fingerprint density at radius 1 is 1.19 bits per heavy atom. The number of hydrogen-bond donors (Lipinski definition) is 1. The van der Waals surface area contributed by atoms with Crippen molar-refractivity contribution in [1.29, 1.82) is 0 Å². The molecule has 3 nitrogen and oxygen atoms in total. The summed E-state index contributed by atoms with van der Waals surface area (Å²) in [6.45, 7) is 2.93. The standard InChI is InChI=1S/C17H18N2OS/c1-12(13-6-5-7-14(10-13)20-2)18-11-17-19-15-8-3-4-9-16(15)21-17/h3-10,12,18H,11H2,1-2H3/t12-/m0/s1. The highest BCUT2D eigenvalue weighted by molar-refractivity contribution is 7.18. The van der Waals surface area contributed by atoms with E-state index in [9.17, 15) is 0 Å². The zero-order valence-electron chi connectivity index (χ0n) is 12.2. The third kappa shape index (κ3) is 3.23. The minimum Gasteiger partial charge on any atom is -0.497 e. The number of para-hydroxylation sites is 1. The number of hydrogen-bond acceptors (Lipinski definition) is 4. The summed E-state index contributed by atoms with van der Waals surface area (Å²) in [5, 5.41) is 4.64. The Hall–Kier alpha value is -1.91. The molecule has 0 aliphatic rings. The first-order chi connectivity index (χ1) is 10.3. The molecule has 0 aliphatic heterocycles. The average Bonchev–Trinajstić information content (AvgIpc) is 2.95. The van der Waals surface area contributed by atoms with Crippen LogP contribution in [0.25, 0.3) is 10.2 Å². The van der Waals surface area contributed by atoms with E-state index < -0.39 is 0 Å². The van der Waals surface area contributed by atoms with Crippen LogP contribution in [0, 0.1) is 0 Å². The highest BCUT2D eigenvalue weighted by atomic mass is 32.1. The molecule has 0 fully saturated rings. The van der Waals surface area contributed by atoms with Crippen molar-refractivity contribution in [2.75, 3.05) is 7.11 Å². The second-order valence-electron chi connectivity index (χ2n) is 4.95. The Morgan fingerprint density at radius 3 is 2.86 bits per heavy atom. The van der Waals surface area contributed by atoms with Gasteiger partial charge in [0.15, 0.2) is 0 Å². The quantitative estimate of drug-likeness (QED) is 0.768. The van der Waals surface area contributed by atoms with Gasteiger partial charge in [-0.1, -0.05) is 24.3 Å². The van der Waals surface area contributed by atoms with Gasteiger partial charge in [-0.15, -0.1) is 11.3 Å². The van der Waals surface area contributed by atoms with E-state index in [-0.39, 0.29) is 6.04 Å². The van der Waals surface area contributed by atoms with Crippen LogP contribution in [0.15, 0.2) is 48.5 Å². The van der Waals surface area contributed by atoms with Crippen molar-refractivity contribution in [3.63, 3.8) is 0 Å². The predicted octanol–water partition coefficient (Wildman–Crippen LogP) is 4.16. The first-order valence-electron chi connectivity index (χ1n) is 6.98. The van der Waals surface area contributed by atoms with Crippen LogP contribution in [0.3, 0.4) is 0 Å². The van der Waals surface area contributed by atoms with Crippen molar-refractivity contribution >= 4 is 21.6 Å². The monoisotopic (exact) mass is 298 g/mol. The van der Waals surface area contributed by atoms with Crippen LogP contribution in [-0.4, -0.2) is 12.1 Å². The molecule has 0 saturated carbocycles. The predicted molar refractivity (Wildman–Crippen MR) is 87.9 cm³/mol. The fraction of sp³-hybridized carbons (Fsp3) is 0.235. The first kappa shape index (κ1) is 14.0. The van der Waals surface area contributed by atoms with Crippen molar-refractivity contribution in [3.05, 3.63) is 59.1 Å². The lowest BCUT2D eigenvalue weighted by molar-refractivity contribution is 0.413. The van der Waals surface area contributed by atoms with E-state index in [0.717, 1.165) is 22.8 Å². The van der Waals surface area contributed by atoms with Crippen molar-refractivity contribution in [2.45, 2.75) is 19.5 Å². The molecule has 0 spiro atoms. The van der Waals surface area contributed by atoms with Gasteiger partial charge in [0.1, 0.15) is 10.8 Å². The molecule has 0 bridgehead atoms. The van der Waals surface area contributed by atoms with Crippen LogP contribution in [-0.2, 0) is 6.54 Å². The van der Waals surface area contributed by atoms with Gasteiger partial charge < -0.3 is 10.1 Å². The van der Waals surface area contributed by atoms with Gasteiger partial charge in [0.25, 0.3) is 0 Å². The molecule has 0 unspecified atom stereocenters. The lowest BCUT2D eigenvalue weighted by atomic mass is 10.1. The second-order valence-corrected chi connectivity index (χ2v) is 6.07. The van der Waals surface area contributed by atoms with E-state index in [0.29, 0.717) is 0 Å². The van der Waals surface area contributed by atoms with Crippen LogP contribution >= 0.6 is 11.3 Å². The minimum atomic E-state index is 0.257. The summed E-state index contributed by atoms with van der Waals surface area (Å²) in [6.07, 6.45) is 0. The summed E-state index contributed by atoms with van der Waals surface area (Å²) in [4.78, 5) is 4.64. The molecular weight excluding hydrogens is 280 g/mol. The maximum absolute atomic E-state index is 5.27. The van der Waals surface area contributed by atoms with E-state index in [2.05, 4.69) is 47.6 Å². The third-order valence-corrected chi connectivity index (χ3v) is 4.53. The lowest BCUT2D eigenvalue weighted by Crippen LogP contribution is -2.17. The lowest BCUT2D eigenvalue weighted by Gasteiger charge is -2.14. The number of benzene rings is 2. The van der Waals surface area contributed by atoms with Gasteiger partial charge in [0, 0.05) is 12.6 Å². The van der Waals surface area contributed by atoms with Crippen molar-refractivity contribution in [1.82, 2.24) is 10.3 Å². The Balaban J connectivity index is 1.68. The number of thiazole rings is 1. The number of nitrogens with zero attached hydrogens (tertiary/aromatic N) is 1. The topological polar surface area (TPSA) is 34.1 Å². The smallest absolute Gasteiger partial charge is 0.119 e. The van der Waals surface area contributed by atoms with E-state index >= 15 is 0 Å². The van der Waals surface area contributed by atoms with Crippen molar-refractivity contribution < 1.29 is 4.74 Å². The average molecular weight is 298 g/mol. The Morgan fingerprint density at radius 2 is 2.05 bits per heavy atom. The molecule has 0 saturated heterocycles. The molecular formula is C17H18N2OS. The molecule has 3 aromatic rings. The fourth-order valence-electron chi connectivity index (χ4n) is 2.26. The molecule has 1 atom stereocenters. The highest BCUT2D eigenvalue weighted by Gasteiger charge is 2.08. The van der Waals surface area contributed by atoms with Crippen molar-refractivity contribution in [2.24, 2.45) is 0 Å². The van der Waals surface area contributed by atoms with Crippen molar-refractivity contribution in [3.8, 4) is 5.75 Å². The molecule has 1 N–H and O–H groups in total. The largest absolute Gasteiger partial charge is 0.497 e. The number of fused-ring (bicyclic) bond motifs is 1. The Bertz CT molecular complexity index is 705. The maximum atomic E-state index is 5.27. The van der Waals surface area contributed by atoms with Crippen LogP contribution in [0.1, 0.15) is 23.5 Å². The first-order valence-corrected chi connectivity index (χ1v) is 7.79. The molecule has 4 heteroatoms. The zero-order valence-corrected chi connectivity index (χ0v) is 13.0. The summed E-state index contributed by atoms with van der Waals surface area (Å²) in [7, 11) is 1.69. The van der Waals surface area contributed by atoms with Gasteiger partial charge in [-0.2, -0.15) is 0 Å². The fourth-order valence-corrected chi connectivity index (χ4v) is 3.18. The minimum absolute atomic E-state index is 0.257. The Kier molecular flexibility index (Phi) is 4.18. The number of rotatable bonds is 5. The summed E-state index contributed by atoms with van der Waals surface area (Å²) in [5.41, 5.74) is 2.30. The highest BCUT2D eigenvalue weighted by Crippen LogP contribution is 2.23. The van der Waals surface area contributed by atoms with E-state index in [1.54, 1.807) is 18.4 Å². The van der Waals surface area contributed by atoms with Crippen LogP contribution in [0.4, 0.5) is 0 Å². The van der Waals surface area contributed by atoms with Gasteiger partial charge in [0.2, 0.25) is 0 Å². The van der Waals surface area contributed by atoms with Crippen LogP contribution in [0.2, 0.25) is 0 Å². The Labute approximate surface area is 128 Å². The van der Waals surface area contributed by atoms with E-state index in [1.807, 2.05) is 18.2 Å². The van der Waals surface area contributed by atoms with Crippen LogP contribution < -0.4 is 10.1 Å². The summed E-state index contributed by atoms with van der Waals surface area (Å²) < 4.78 is 6.51. The maximum Gasteiger partial charge on any atom is 0.119 e. The third-order valence-electron chi connectivity index (χ3n) is 3.49. The molecule has 21 heavy (non-hydrogen) atoms. The summed E-state index contributed by atoms with van der Waals surface area (Å²) in [6, 6.07) is 16.7. The normalized spacial score (nSPS) is 12.5. The van der Waals surface area contributed by atoms with E-state index in [1.165, 1.54) is 10.3 Å². The summed E-state index contributed by atoms with van der Waals surface area (Å²) >= 11 is 1.74. The second kappa shape index (κ2) is 6.24. The van der Waals surface area contributed by atoms with Gasteiger partial charge >= 0.3 is 0 Å². The molecule has 0 radical (unpaired) electrons. The molecule has 3 rings (SSSR count). The number of aromatic nitrogens is 1. The SMILES string of the molecule is COc1cccc([C@H](C)NCc2nc3ccccc3s2)c1. The molecule has 108 valence electrons. The molecule has 0 amide bonds. The molecule has 1 aromatic heterocycles. The number of ether oxygens (including phenoxy) is 1. The van der Waals surface area contributed by atoms with Crippen LogP contribution in [0.5, 0.6) is 5.75 Å².